The summed E-state index contributed by atoms with van der Waals surface area (Å²) in [5.74, 6) is 6.35. The van der Waals surface area contributed by atoms with Crippen LogP contribution in [0.2, 0.25) is 0 Å². The molecule has 1 heterocycles. The van der Waals surface area contributed by atoms with Gasteiger partial charge in [0, 0.05) is 35.7 Å². The van der Waals surface area contributed by atoms with Crippen molar-refractivity contribution >= 4 is 0 Å². The molecule has 0 atom stereocenters. The van der Waals surface area contributed by atoms with Crippen LogP contribution in [-0.4, -0.2) is 18.6 Å². The van der Waals surface area contributed by atoms with Crippen LogP contribution in [0.15, 0.2) is 23.4 Å². The van der Waals surface area contributed by atoms with Crippen LogP contribution in [0.5, 0.6) is 5.88 Å². The number of aromatic nitrogens is 1. The first kappa shape index (κ1) is 10.9. The summed E-state index contributed by atoms with van der Waals surface area (Å²) >= 11 is 0. The highest BCUT2D eigenvalue weighted by Crippen LogP contribution is 2.05. The van der Waals surface area contributed by atoms with Crippen molar-refractivity contribution in [2.24, 2.45) is 5.11 Å². The summed E-state index contributed by atoms with van der Waals surface area (Å²) in [5, 5.41) is 3.37. The highest BCUT2D eigenvalue weighted by molar-refractivity contribution is 5.33. The van der Waals surface area contributed by atoms with Gasteiger partial charge in [0.1, 0.15) is 0 Å². The molecule has 5 nitrogen and oxygen atoms in total. The second-order valence-corrected chi connectivity index (χ2v) is 2.60. The molecule has 0 N–H and O–H groups in total. The molecule has 0 saturated carbocycles. The van der Waals surface area contributed by atoms with Gasteiger partial charge in [-0.3, -0.25) is 0 Å². The van der Waals surface area contributed by atoms with Crippen molar-refractivity contribution in [1.82, 2.24) is 4.98 Å². The maximum atomic E-state index is 8.03. The van der Waals surface area contributed by atoms with E-state index < -0.39 is 0 Å². The molecule has 0 spiro atoms. The Morgan fingerprint density at radius 3 is 3.07 bits per heavy atom. The summed E-state index contributed by atoms with van der Waals surface area (Å²) in [7, 11) is 1.56. The maximum Gasteiger partial charge on any atom is 0.212 e. The smallest absolute Gasteiger partial charge is 0.212 e. The number of hydrogen-bond acceptors (Lipinski definition) is 3. The topological polar surface area (TPSA) is 70.9 Å². The van der Waals surface area contributed by atoms with Gasteiger partial charge in [0.25, 0.3) is 0 Å². The Morgan fingerprint density at radius 1 is 1.60 bits per heavy atom. The number of pyridine rings is 1. The van der Waals surface area contributed by atoms with Gasteiger partial charge in [-0.2, -0.15) is 0 Å². The van der Waals surface area contributed by atoms with E-state index in [1.807, 2.05) is 6.07 Å². The third-order valence-electron chi connectivity index (χ3n) is 1.58. The van der Waals surface area contributed by atoms with Gasteiger partial charge in [0.05, 0.1) is 7.11 Å². The highest BCUT2D eigenvalue weighted by atomic mass is 16.5. The Bertz CT molecular complexity index is 409. The molecule has 0 saturated heterocycles. The van der Waals surface area contributed by atoms with Crippen LogP contribution < -0.4 is 4.74 Å². The molecule has 0 amide bonds. The van der Waals surface area contributed by atoms with Crippen molar-refractivity contribution in [3.63, 3.8) is 0 Å². The first-order chi connectivity index (χ1) is 7.36. The van der Waals surface area contributed by atoms with Crippen molar-refractivity contribution in [2.45, 2.75) is 6.42 Å². The number of hydrogen-bond donors (Lipinski definition) is 0. The number of methoxy groups -OCH3 is 1. The summed E-state index contributed by atoms with van der Waals surface area (Å²) < 4.78 is 4.91. The minimum Gasteiger partial charge on any atom is -0.481 e. The molecule has 1 aromatic rings. The lowest BCUT2D eigenvalue weighted by Crippen LogP contribution is -1.86. The molecule has 0 aromatic carbocycles. The third kappa shape index (κ3) is 4.03. The van der Waals surface area contributed by atoms with Gasteiger partial charge >= 0.3 is 0 Å². The van der Waals surface area contributed by atoms with Crippen LogP contribution in [-0.2, 0) is 0 Å². The third-order valence-corrected chi connectivity index (χ3v) is 1.58. The first-order valence-electron chi connectivity index (χ1n) is 4.36. The Balaban J connectivity index is 2.52. The molecule has 0 bridgehead atoms. The van der Waals surface area contributed by atoms with Crippen LogP contribution in [0.4, 0.5) is 0 Å². The van der Waals surface area contributed by atoms with Crippen molar-refractivity contribution in [1.29, 1.82) is 0 Å². The maximum absolute atomic E-state index is 8.03. The molecule has 0 fully saturated rings. The van der Waals surface area contributed by atoms with Crippen LogP contribution in [0.3, 0.4) is 0 Å². The van der Waals surface area contributed by atoms with Crippen molar-refractivity contribution in [3.05, 3.63) is 34.3 Å². The Labute approximate surface area is 87.7 Å². The van der Waals surface area contributed by atoms with E-state index in [9.17, 15) is 0 Å². The van der Waals surface area contributed by atoms with Crippen LogP contribution in [0, 0.1) is 11.8 Å². The van der Waals surface area contributed by atoms with Crippen LogP contribution in [0.25, 0.3) is 10.4 Å². The molecular formula is C10H10N4O. The van der Waals surface area contributed by atoms with Gasteiger partial charge in [0.15, 0.2) is 0 Å². The average Bonchev–Trinajstić information content (AvgIpc) is 2.30. The Morgan fingerprint density at radius 2 is 2.47 bits per heavy atom. The van der Waals surface area contributed by atoms with Crippen LogP contribution in [0.1, 0.15) is 12.0 Å². The van der Waals surface area contributed by atoms with E-state index in [0.717, 1.165) is 5.56 Å². The molecule has 1 aromatic heterocycles. The van der Waals surface area contributed by atoms with Gasteiger partial charge in [-0.1, -0.05) is 17.0 Å². The molecule has 1 rings (SSSR count). The summed E-state index contributed by atoms with van der Waals surface area (Å²) in [5.41, 5.74) is 8.84. The van der Waals surface area contributed by atoms with Gasteiger partial charge in [-0.25, -0.2) is 4.98 Å². The predicted molar refractivity (Wildman–Crippen MR) is 56.3 cm³/mol. The number of rotatable bonds is 3. The van der Waals surface area contributed by atoms with Crippen molar-refractivity contribution in [2.75, 3.05) is 13.7 Å². The zero-order valence-electron chi connectivity index (χ0n) is 8.34. The fraction of sp³-hybridized carbons (Fsp3) is 0.300. The molecular weight excluding hydrogens is 192 g/mol. The fourth-order valence-electron chi connectivity index (χ4n) is 0.890. The highest BCUT2D eigenvalue weighted by Gasteiger charge is 1.90. The standard InChI is InChI=1S/C10H10N4O/c1-15-10-6-5-9(8-12-10)4-2-3-7-13-14-11/h5-6,8H,3,7H2,1H3. The van der Waals surface area contributed by atoms with E-state index in [-0.39, 0.29) is 0 Å². The van der Waals surface area contributed by atoms with Crippen molar-refractivity contribution < 1.29 is 4.74 Å². The molecule has 76 valence electrons. The second-order valence-electron chi connectivity index (χ2n) is 2.60. The molecule has 5 heteroatoms. The normalized spacial score (nSPS) is 8.33. The SMILES string of the molecule is COc1ccc(C#CCCN=[N+]=[N-])cn1. The average molecular weight is 202 g/mol. The lowest BCUT2D eigenvalue weighted by atomic mass is 10.3. The van der Waals surface area contributed by atoms with E-state index in [4.69, 9.17) is 10.3 Å². The van der Waals surface area contributed by atoms with E-state index in [1.165, 1.54) is 0 Å². The number of ether oxygens (including phenoxy) is 1. The predicted octanol–water partition coefficient (Wildman–Crippen LogP) is 2.14. The molecule has 0 aliphatic heterocycles. The van der Waals surface area contributed by atoms with Gasteiger partial charge in [-0.15, -0.1) is 0 Å². The summed E-state index contributed by atoms with van der Waals surface area (Å²) in [6, 6.07) is 3.57. The Kier molecular flexibility index (Phi) is 4.58. The van der Waals surface area contributed by atoms with Crippen LogP contribution >= 0.6 is 0 Å². The summed E-state index contributed by atoms with van der Waals surface area (Å²) in [6.45, 7) is 0.396. The minimum atomic E-state index is 0.396. The summed E-state index contributed by atoms with van der Waals surface area (Å²) in [4.78, 5) is 6.64. The first-order valence-corrected chi connectivity index (χ1v) is 4.36. The molecule has 0 unspecified atom stereocenters. The quantitative estimate of drug-likeness (QED) is 0.247. The van der Waals surface area contributed by atoms with Crippen molar-refractivity contribution in [3.8, 4) is 17.7 Å². The van der Waals surface area contributed by atoms with E-state index in [2.05, 4.69) is 26.9 Å². The lowest BCUT2D eigenvalue weighted by molar-refractivity contribution is 0.398. The van der Waals surface area contributed by atoms with Gasteiger partial charge < -0.3 is 4.74 Å². The second kappa shape index (κ2) is 6.30. The minimum absolute atomic E-state index is 0.396. The molecule has 0 aliphatic carbocycles. The number of nitrogens with zero attached hydrogens (tertiary/aromatic N) is 4. The Hall–Kier alpha value is -2.18. The zero-order valence-corrected chi connectivity index (χ0v) is 8.34. The fourth-order valence-corrected chi connectivity index (χ4v) is 0.890. The summed E-state index contributed by atoms with van der Waals surface area (Å²) in [6.07, 6.45) is 2.19. The monoisotopic (exact) mass is 202 g/mol. The van der Waals surface area contributed by atoms with Gasteiger partial charge in [-0.05, 0) is 11.6 Å². The molecule has 0 radical (unpaired) electrons. The molecule has 15 heavy (non-hydrogen) atoms. The lowest BCUT2D eigenvalue weighted by Gasteiger charge is -1.95. The van der Waals surface area contributed by atoms with Gasteiger partial charge in [0.2, 0.25) is 5.88 Å². The molecule has 0 aliphatic rings. The zero-order chi connectivity index (χ0) is 10.9. The number of azide groups is 1. The largest absolute Gasteiger partial charge is 0.481 e. The van der Waals surface area contributed by atoms with E-state index in [1.54, 1.807) is 19.4 Å². The van der Waals surface area contributed by atoms with E-state index >= 15 is 0 Å². The van der Waals surface area contributed by atoms with E-state index in [0.29, 0.717) is 18.8 Å².